The van der Waals surface area contributed by atoms with Gasteiger partial charge >= 0.3 is 0 Å². The average Bonchev–Trinajstić information content (AvgIpc) is 3.21. The lowest BCUT2D eigenvalue weighted by molar-refractivity contribution is -0.133. The van der Waals surface area contributed by atoms with E-state index >= 15 is 0 Å². The number of amides is 1. The number of H-pyrrole nitrogens is 1. The molecular weight excluding hydrogens is 392 g/mol. The van der Waals surface area contributed by atoms with Gasteiger partial charge in [0.15, 0.2) is 0 Å². The van der Waals surface area contributed by atoms with Crippen LogP contribution in [0.3, 0.4) is 0 Å². The molecule has 0 aromatic carbocycles. The maximum Gasteiger partial charge on any atom is 0.222 e. The topological polar surface area (TPSA) is 98.2 Å². The van der Waals surface area contributed by atoms with Crippen molar-refractivity contribution in [1.82, 2.24) is 25.1 Å². The number of aromatic amines is 1. The number of hydrogen-bond donors (Lipinski definition) is 2. The Hall–Kier alpha value is -2.48. The fourth-order valence-corrected chi connectivity index (χ4v) is 5.71. The molecule has 1 amide bonds. The minimum absolute atomic E-state index is 0.0350. The maximum atomic E-state index is 12.9. The molecule has 0 radical (unpaired) electrons. The van der Waals surface area contributed by atoms with E-state index in [9.17, 15) is 9.90 Å². The van der Waals surface area contributed by atoms with Crippen LogP contribution in [0.2, 0.25) is 0 Å². The largest absolute Gasteiger partial charge is 0.391 e. The Bertz CT molecular complexity index is 906. The lowest BCUT2D eigenvalue weighted by atomic mass is 9.71. The summed E-state index contributed by atoms with van der Waals surface area (Å²) in [6.07, 6.45) is 13.3. The zero-order valence-corrected chi connectivity index (χ0v) is 18.1. The number of aromatic nitrogens is 4. The van der Waals surface area contributed by atoms with Gasteiger partial charge in [-0.15, -0.1) is 0 Å². The molecule has 2 N–H and O–H groups in total. The highest BCUT2D eigenvalue weighted by molar-refractivity contribution is 5.76. The average molecular weight is 425 g/mol. The molecule has 2 saturated heterocycles. The van der Waals surface area contributed by atoms with Crippen LogP contribution in [0.15, 0.2) is 18.6 Å². The van der Waals surface area contributed by atoms with Gasteiger partial charge in [0.2, 0.25) is 5.91 Å². The number of aliphatic hydroxyl groups is 1. The van der Waals surface area contributed by atoms with E-state index < -0.39 is 0 Å². The minimum Gasteiger partial charge on any atom is -0.391 e. The van der Waals surface area contributed by atoms with Gasteiger partial charge in [0, 0.05) is 57.1 Å². The van der Waals surface area contributed by atoms with Gasteiger partial charge in [0.05, 0.1) is 18.0 Å². The zero-order chi connectivity index (χ0) is 21.3. The summed E-state index contributed by atoms with van der Waals surface area (Å²) < 4.78 is 0. The second kappa shape index (κ2) is 8.57. The molecule has 1 spiro atoms. The van der Waals surface area contributed by atoms with Gasteiger partial charge in [0.25, 0.3) is 0 Å². The maximum absolute atomic E-state index is 12.9. The van der Waals surface area contributed by atoms with Crippen molar-refractivity contribution in [1.29, 1.82) is 0 Å². The van der Waals surface area contributed by atoms with Gasteiger partial charge < -0.3 is 14.9 Å². The summed E-state index contributed by atoms with van der Waals surface area (Å²) >= 11 is 0. The van der Waals surface area contributed by atoms with Gasteiger partial charge in [-0.2, -0.15) is 5.10 Å². The summed E-state index contributed by atoms with van der Waals surface area (Å²) in [6, 6.07) is 0. The fraction of sp³-hybridized carbons (Fsp3) is 0.652. The molecule has 2 fully saturated rings. The van der Waals surface area contributed by atoms with Gasteiger partial charge in [-0.1, -0.05) is 0 Å². The van der Waals surface area contributed by atoms with E-state index in [2.05, 4.69) is 25.1 Å². The van der Waals surface area contributed by atoms with E-state index in [-0.39, 0.29) is 17.4 Å². The Morgan fingerprint density at radius 1 is 1.23 bits per heavy atom. The SMILES string of the molecule is O=C(CCc1n[nH]c2c1CCCC2)N1CCC2(CC1)CC(O)CN(c1cnccn1)C2. The van der Waals surface area contributed by atoms with Crippen LogP contribution in [-0.2, 0) is 24.1 Å². The highest BCUT2D eigenvalue weighted by Crippen LogP contribution is 2.41. The Labute approximate surface area is 183 Å². The molecular formula is C23H32N6O2. The Morgan fingerprint density at radius 2 is 2.06 bits per heavy atom. The molecule has 3 aliphatic rings. The molecule has 2 aromatic rings. The third kappa shape index (κ3) is 4.31. The quantitative estimate of drug-likeness (QED) is 0.778. The number of likely N-dealkylation sites (tertiary alicyclic amines) is 1. The van der Waals surface area contributed by atoms with Crippen LogP contribution in [0.25, 0.3) is 0 Å². The third-order valence-corrected chi connectivity index (χ3v) is 7.39. The summed E-state index contributed by atoms with van der Waals surface area (Å²) in [7, 11) is 0. The summed E-state index contributed by atoms with van der Waals surface area (Å²) in [5.41, 5.74) is 3.76. The van der Waals surface area contributed by atoms with Crippen LogP contribution >= 0.6 is 0 Å². The number of aliphatic hydroxyl groups excluding tert-OH is 1. The van der Waals surface area contributed by atoms with Crippen LogP contribution in [0.4, 0.5) is 5.82 Å². The normalized spacial score (nSPS) is 23.1. The van der Waals surface area contributed by atoms with Crippen LogP contribution in [-0.4, -0.2) is 68.4 Å². The number of nitrogens with zero attached hydrogens (tertiary/aromatic N) is 5. The van der Waals surface area contributed by atoms with Crippen molar-refractivity contribution in [3.63, 3.8) is 0 Å². The number of carbonyl (C=O) groups excluding carboxylic acids is 1. The Balaban J connectivity index is 1.17. The van der Waals surface area contributed by atoms with Crippen LogP contribution in [0.1, 0.15) is 55.5 Å². The van der Waals surface area contributed by atoms with E-state index in [4.69, 9.17) is 0 Å². The number of aryl methyl sites for hydroxylation is 2. The van der Waals surface area contributed by atoms with Crippen molar-refractivity contribution in [3.8, 4) is 0 Å². The zero-order valence-electron chi connectivity index (χ0n) is 18.1. The van der Waals surface area contributed by atoms with Crippen LogP contribution < -0.4 is 4.90 Å². The first kappa shape index (κ1) is 20.4. The van der Waals surface area contributed by atoms with Gasteiger partial charge in [-0.3, -0.25) is 14.9 Å². The first-order chi connectivity index (χ1) is 15.1. The predicted octanol–water partition coefficient (Wildman–Crippen LogP) is 1.89. The van der Waals surface area contributed by atoms with Gasteiger partial charge in [-0.25, -0.2) is 4.98 Å². The van der Waals surface area contributed by atoms with E-state index in [0.717, 1.165) is 69.7 Å². The van der Waals surface area contributed by atoms with Crippen molar-refractivity contribution in [2.45, 2.75) is 63.9 Å². The fourth-order valence-electron chi connectivity index (χ4n) is 5.71. The second-order valence-electron chi connectivity index (χ2n) is 9.52. The smallest absolute Gasteiger partial charge is 0.222 e. The standard InChI is InChI=1S/C23H32N6O2/c30-17-13-23(16-29(15-17)21-14-24-9-10-25-21)7-11-28(12-8-23)22(31)6-5-20-18-3-1-2-4-19(18)26-27-20/h9-10,14,17,30H,1-8,11-13,15-16H2,(H,26,27). The highest BCUT2D eigenvalue weighted by atomic mass is 16.3. The molecule has 166 valence electrons. The lowest BCUT2D eigenvalue weighted by Gasteiger charge is -2.49. The molecule has 8 heteroatoms. The van der Waals surface area contributed by atoms with Crippen molar-refractivity contribution >= 4 is 11.7 Å². The van der Waals surface area contributed by atoms with Gasteiger partial charge in [0.1, 0.15) is 5.82 Å². The van der Waals surface area contributed by atoms with E-state index in [1.54, 1.807) is 18.6 Å². The summed E-state index contributed by atoms with van der Waals surface area (Å²) in [5, 5.41) is 18.2. The number of hydrogen-bond acceptors (Lipinski definition) is 6. The van der Waals surface area contributed by atoms with Crippen molar-refractivity contribution in [2.75, 3.05) is 31.1 Å². The summed E-state index contributed by atoms with van der Waals surface area (Å²) in [4.78, 5) is 25.6. The first-order valence-electron chi connectivity index (χ1n) is 11.6. The van der Waals surface area contributed by atoms with Crippen molar-refractivity contribution in [3.05, 3.63) is 35.5 Å². The number of β-amino-alcohol motifs (C(OH)–C–C–N with tert-alkyl or cyclic N) is 1. The molecule has 1 aliphatic carbocycles. The number of nitrogens with one attached hydrogen (secondary N) is 1. The first-order valence-corrected chi connectivity index (χ1v) is 11.6. The molecule has 8 nitrogen and oxygen atoms in total. The van der Waals surface area contributed by atoms with Gasteiger partial charge in [-0.05, 0) is 55.9 Å². The van der Waals surface area contributed by atoms with E-state index in [1.807, 2.05) is 4.90 Å². The summed E-state index contributed by atoms with van der Waals surface area (Å²) in [6.45, 7) is 2.98. The number of anilines is 1. The monoisotopic (exact) mass is 424 g/mol. The summed E-state index contributed by atoms with van der Waals surface area (Å²) in [5.74, 6) is 1.05. The highest BCUT2D eigenvalue weighted by Gasteiger charge is 2.42. The molecule has 31 heavy (non-hydrogen) atoms. The molecule has 0 bridgehead atoms. The van der Waals surface area contributed by atoms with Crippen LogP contribution in [0, 0.1) is 5.41 Å². The van der Waals surface area contributed by atoms with Crippen molar-refractivity contribution < 1.29 is 9.90 Å². The predicted molar refractivity (Wildman–Crippen MR) is 117 cm³/mol. The molecule has 1 atom stereocenters. The molecule has 2 aliphatic heterocycles. The molecule has 5 rings (SSSR count). The molecule has 0 saturated carbocycles. The molecule has 2 aromatic heterocycles. The number of rotatable bonds is 4. The van der Waals surface area contributed by atoms with E-state index in [1.165, 1.54) is 24.1 Å². The van der Waals surface area contributed by atoms with Crippen molar-refractivity contribution in [2.24, 2.45) is 5.41 Å². The minimum atomic E-state index is -0.371. The number of carbonyl (C=O) groups is 1. The van der Waals surface area contributed by atoms with Crippen LogP contribution in [0.5, 0.6) is 0 Å². The van der Waals surface area contributed by atoms with E-state index in [0.29, 0.717) is 13.0 Å². The Kier molecular flexibility index (Phi) is 5.65. The number of fused-ring (bicyclic) bond motifs is 1. The Morgan fingerprint density at radius 3 is 2.87 bits per heavy atom. The molecule has 4 heterocycles. The second-order valence-corrected chi connectivity index (χ2v) is 9.52. The molecule has 1 unspecified atom stereocenters. The number of piperidine rings is 2. The lowest BCUT2D eigenvalue weighted by Crippen LogP contribution is -2.54. The third-order valence-electron chi connectivity index (χ3n) is 7.39.